The topological polar surface area (TPSA) is 99.6 Å². The average molecular weight is 631 g/mol. The zero-order valence-corrected chi connectivity index (χ0v) is 24.1. The predicted octanol–water partition coefficient (Wildman–Crippen LogP) is 6.40. The minimum atomic E-state index is -4.70. The first-order valence-corrected chi connectivity index (χ1v) is 15.3. The number of benzene rings is 2. The number of pyridine rings is 1. The molecule has 1 aromatic heterocycles. The van der Waals surface area contributed by atoms with E-state index >= 15 is 0 Å². The molecule has 0 fully saturated rings. The van der Waals surface area contributed by atoms with E-state index < -0.39 is 45.4 Å². The second kappa shape index (κ2) is 12.6. The van der Waals surface area contributed by atoms with Gasteiger partial charge in [-0.2, -0.15) is 13.2 Å². The number of aliphatic hydroxyl groups is 1. The number of carbonyl (C=O) groups is 1. The van der Waals surface area contributed by atoms with Crippen molar-refractivity contribution in [1.82, 2.24) is 9.88 Å². The molecule has 41 heavy (non-hydrogen) atoms. The summed E-state index contributed by atoms with van der Waals surface area (Å²) < 4.78 is 65.3. The SMILES string of the molecule is O=C1C(CC(F)(F)F)=CC(O)(CS(=O)(=O)c2ccc(Cl)cc2)N1CCCCCCNc1ccnc2cc(Cl)ccc12. The molecule has 0 saturated carbocycles. The molecule has 1 atom stereocenters. The summed E-state index contributed by atoms with van der Waals surface area (Å²) in [6, 6.07) is 12.5. The van der Waals surface area contributed by atoms with Crippen molar-refractivity contribution in [2.75, 3.05) is 24.2 Å². The van der Waals surface area contributed by atoms with Crippen molar-refractivity contribution in [2.24, 2.45) is 0 Å². The van der Waals surface area contributed by atoms with Crippen molar-refractivity contribution >= 4 is 55.5 Å². The Morgan fingerprint density at radius 2 is 1.66 bits per heavy atom. The van der Waals surface area contributed by atoms with Gasteiger partial charge in [-0.15, -0.1) is 0 Å². The van der Waals surface area contributed by atoms with E-state index in [1.165, 1.54) is 24.3 Å². The number of nitrogens with zero attached hydrogens (tertiary/aromatic N) is 2. The van der Waals surface area contributed by atoms with E-state index in [9.17, 15) is 31.5 Å². The number of sulfone groups is 1. The van der Waals surface area contributed by atoms with Crippen LogP contribution in [0.4, 0.5) is 18.9 Å². The number of carbonyl (C=O) groups excluding carboxylic acids is 1. The maximum atomic E-state index is 13.1. The molecule has 7 nitrogen and oxygen atoms in total. The maximum absolute atomic E-state index is 13.1. The Labute approximate surface area is 245 Å². The number of aromatic nitrogens is 1. The lowest BCUT2D eigenvalue weighted by Crippen LogP contribution is -2.51. The molecule has 0 spiro atoms. The molecule has 13 heteroatoms. The first-order chi connectivity index (χ1) is 19.3. The molecule has 0 radical (unpaired) electrons. The number of fused-ring (bicyclic) bond motifs is 1. The van der Waals surface area contributed by atoms with Gasteiger partial charge in [-0.3, -0.25) is 9.78 Å². The number of unbranched alkanes of at least 4 members (excludes halogenated alkanes) is 3. The van der Waals surface area contributed by atoms with Gasteiger partial charge in [0.15, 0.2) is 15.6 Å². The van der Waals surface area contributed by atoms with Gasteiger partial charge >= 0.3 is 6.18 Å². The first kappa shape index (κ1) is 31.1. The lowest BCUT2D eigenvalue weighted by Gasteiger charge is -2.33. The molecular weight excluding hydrogens is 602 g/mol. The van der Waals surface area contributed by atoms with Gasteiger partial charge in [-0.1, -0.05) is 36.0 Å². The second-order valence-corrected chi connectivity index (χ2v) is 12.7. The summed E-state index contributed by atoms with van der Waals surface area (Å²) in [5.74, 6) is -2.01. The van der Waals surface area contributed by atoms with Crippen molar-refractivity contribution < 1.29 is 31.5 Å². The summed E-state index contributed by atoms with van der Waals surface area (Å²) in [6.07, 6.45) is -1.39. The summed E-state index contributed by atoms with van der Waals surface area (Å²) in [4.78, 5) is 17.8. The van der Waals surface area contributed by atoms with Gasteiger partial charge in [0, 0.05) is 46.0 Å². The van der Waals surface area contributed by atoms with Crippen molar-refractivity contribution in [3.05, 3.63) is 76.4 Å². The number of amides is 1. The standard InChI is InChI=1S/C28H28Cl2F3N3O4S/c29-20-5-8-22(9-6-20)41(39,40)18-27(38)16-19(17-28(31,32)33)26(37)36(27)14-4-2-1-3-12-34-24-11-13-35-25-15-21(30)7-10-23(24)25/h5-11,13,15-16,38H,1-4,12,14,17-18H2,(H,34,35). The van der Waals surface area contributed by atoms with E-state index in [1.54, 1.807) is 18.3 Å². The first-order valence-electron chi connectivity index (χ1n) is 12.9. The van der Waals surface area contributed by atoms with Gasteiger partial charge in [-0.05, 0) is 67.4 Å². The van der Waals surface area contributed by atoms with E-state index in [4.69, 9.17) is 23.2 Å². The van der Waals surface area contributed by atoms with E-state index in [0.717, 1.165) is 40.4 Å². The summed E-state index contributed by atoms with van der Waals surface area (Å²) in [7, 11) is -4.18. The van der Waals surface area contributed by atoms with Crippen LogP contribution in [0.2, 0.25) is 10.0 Å². The van der Waals surface area contributed by atoms with E-state index in [0.29, 0.717) is 29.4 Å². The lowest BCUT2D eigenvalue weighted by molar-refractivity contribution is -0.145. The van der Waals surface area contributed by atoms with Crippen molar-refractivity contribution in [3.63, 3.8) is 0 Å². The highest BCUT2D eigenvalue weighted by atomic mass is 35.5. The predicted molar refractivity (Wildman–Crippen MR) is 153 cm³/mol. The van der Waals surface area contributed by atoms with Gasteiger partial charge in [-0.25, -0.2) is 8.42 Å². The van der Waals surface area contributed by atoms with Crippen molar-refractivity contribution in [2.45, 2.75) is 48.9 Å². The Hall–Kier alpha value is -2.86. The van der Waals surface area contributed by atoms with Crippen LogP contribution in [-0.4, -0.2) is 60.1 Å². The van der Waals surface area contributed by atoms with Crippen LogP contribution < -0.4 is 5.32 Å². The number of nitrogens with one attached hydrogen (secondary N) is 1. The molecule has 0 bridgehead atoms. The number of rotatable bonds is 12. The molecule has 2 aromatic carbocycles. The van der Waals surface area contributed by atoms with Crippen LogP contribution in [0.5, 0.6) is 0 Å². The molecule has 4 rings (SSSR count). The van der Waals surface area contributed by atoms with E-state index in [1.807, 2.05) is 12.1 Å². The Balaban J connectivity index is 1.35. The molecule has 3 aromatic rings. The highest BCUT2D eigenvalue weighted by Crippen LogP contribution is 2.36. The van der Waals surface area contributed by atoms with Gasteiger partial charge in [0.1, 0.15) is 5.75 Å². The lowest BCUT2D eigenvalue weighted by atomic mass is 10.1. The molecule has 1 amide bonds. The van der Waals surface area contributed by atoms with Crippen molar-refractivity contribution in [3.8, 4) is 0 Å². The van der Waals surface area contributed by atoms with E-state index in [2.05, 4.69) is 10.3 Å². The van der Waals surface area contributed by atoms with Gasteiger partial charge in [0.2, 0.25) is 0 Å². The Morgan fingerprint density at radius 1 is 0.976 bits per heavy atom. The zero-order valence-electron chi connectivity index (χ0n) is 21.8. The largest absolute Gasteiger partial charge is 0.393 e. The van der Waals surface area contributed by atoms with Crippen molar-refractivity contribution in [1.29, 1.82) is 0 Å². The zero-order chi connectivity index (χ0) is 29.8. The quantitative estimate of drug-likeness (QED) is 0.225. The fraction of sp³-hybridized carbons (Fsp3) is 0.357. The number of hydrogen-bond donors (Lipinski definition) is 2. The Bertz CT molecular complexity index is 1550. The maximum Gasteiger partial charge on any atom is 0.393 e. The fourth-order valence-electron chi connectivity index (χ4n) is 4.78. The molecule has 2 N–H and O–H groups in total. The Morgan fingerprint density at radius 3 is 2.37 bits per heavy atom. The minimum absolute atomic E-state index is 0.105. The molecule has 1 aliphatic rings. The highest BCUT2D eigenvalue weighted by molar-refractivity contribution is 7.91. The van der Waals surface area contributed by atoms with Crippen LogP contribution in [0.25, 0.3) is 10.9 Å². The fourth-order valence-corrected chi connectivity index (χ4v) is 6.59. The van der Waals surface area contributed by atoms with Crippen LogP contribution in [0.1, 0.15) is 32.1 Å². The summed E-state index contributed by atoms with van der Waals surface area (Å²) in [5, 5.41) is 16.4. The average Bonchev–Trinajstić information content (AvgIpc) is 3.10. The monoisotopic (exact) mass is 629 g/mol. The molecule has 2 heterocycles. The third-order valence-corrected chi connectivity index (χ3v) is 8.97. The van der Waals surface area contributed by atoms with Crippen LogP contribution in [0.3, 0.4) is 0 Å². The molecule has 220 valence electrons. The number of anilines is 1. The summed E-state index contributed by atoms with van der Waals surface area (Å²) in [6.45, 7) is 0.539. The van der Waals surface area contributed by atoms with E-state index in [-0.39, 0.29) is 11.4 Å². The van der Waals surface area contributed by atoms with Crippen LogP contribution in [-0.2, 0) is 14.6 Å². The van der Waals surface area contributed by atoms with Gasteiger partial charge in [0.05, 0.1) is 16.8 Å². The third kappa shape index (κ3) is 7.91. The minimum Gasteiger partial charge on any atom is -0.384 e. The Kier molecular flexibility index (Phi) is 9.52. The van der Waals surface area contributed by atoms with Gasteiger partial charge < -0.3 is 15.3 Å². The molecule has 0 aliphatic carbocycles. The highest BCUT2D eigenvalue weighted by Gasteiger charge is 2.48. The van der Waals surface area contributed by atoms with Crippen LogP contribution in [0, 0.1) is 0 Å². The molecular formula is C28H28Cl2F3N3O4S. The second-order valence-electron chi connectivity index (χ2n) is 9.87. The summed E-state index contributed by atoms with van der Waals surface area (Å²) in [5.41, 5.74) is -1.42. The number of halogens is 5. The number of hydrogen-bond acceptors (Lipinski definition) is 6. The number of alkyl halides is 3. The smallest absolute Gasteiger partial charge is 0.384 e. The third-order valence-electron chi connectivity index (χ3n) is 6.69. The van der Waals surface area contributed by atoms with Crippen LogP contribution in [0.15, 0.2) is 71.3 Å². The molecule has 0 saturated heterocycles. The molecule has 1 aliphatic heterocycles. The molecule has 1 unspecified atom stereocenters. The summed E-state index contributed by atoms with van der Waals surface area (Å²) >= 11 is 11.9. The van der Waals surface area contributed by atoms with Crippen LogP contribution >= 0.6 is 23.2 Å². The normalized spacial score (nSPS) is 17.8. The van der Waals surface area contributed by atoms with Gasteiger partial charge in [0.25, 0.3) is 5.91 Å².